The number of carbonyl (C=O) groups is 2. The van der Waals surface area contributed by atoms with Crippen molar-refractivity contribution in [3.05, 3.63) is 0 Å². The van der Waals surface area contributed by atoms with Gasteiger partial charge in [0, 0.05) is 0 Å². The molecule has 0 aromatic rings. The Hall–Kier alpha value is -1.26. The van der Waals surface area contributed by atoms with Gasteiger partial charge < -0.3 is 14.8 Å². The van der Waals surface area contributed by atoms with Crippen LogP contribution in [0.15, 0.2) is 0 Å². The molecule has 0 aromatic heterocycles. The molecule has 0 unspecified atom stereocenters. The highest BCUT2D eigenvalue weighted by atomic mass is 16.6. The van der Waals surface area contributed by atoms with E-state index in [0.717, 1.165) is 19.3 Å². The van der Waals surface area contributed by atoms with Gasteiger partial charge in [-0.25, -0.2) is 4.79 Å². The number of nitrogens with one attached hydrogen (secondary N) is 1. The molecule has 0 radical (unpaired) electrons. The summed E-state index contributed by atoms with van der Waals surface area (Å²) in [6, 6.07) is 0. The number of alkyl carbamates (subject to hydrolysis) is 1. The second kappa shape index (κ2) is 14.2. The fraction of sp³-hybridized carbons (Fsp3) is 0.867. The molecule has 0 aromatic carbocycles. The summed E-state index contributed by atoms with van der Waals surface area (Å²) >= 11 is 0. The highest BCUT2D eigenvalue weighted by Gasteiger charge is 2.06. The Kier molecular flexibility index (Phi) is 13.3. The highest BCUT2D eigenvalue weighted by molar-refractivity contribution is 5.77. The van der Waals surface area contributed by atoms with E-state index in [9.17, 15) is 9.59 Å². The van der Waals surface area contributed by atoms with Crippen molar-refractivity contribution >= 4 is 12.1 Å². The third-order valence-corrected chi connectivity index (χ3v) is 2.83. The third-order valence-electron chi connectivity index (χ3n) is 2.83. The second-order valence-corrected chi connectivity index (χ2v) is 4.83. The van der Waals surface area contributed by atoms with E-state index in [1.807, 2.05) is 6.92 Å². The Morgan fingerprint density at radius 3 is 2.10 bits per heavy atom. The molecule has 0 rings (SSSR count). The smallest absolute Gasteiger partial charge is 0.407 e. The molecule has 0 bridgehead atoms. The summed E-state index contributed by atoms with van der Waals surface area (Å²) in [5.41, 5.74) is 0. The largest absolute Gasteiger partial charge is 0.464 e. The summed E-state index contributed by atoms with van der Waals surface area (Å²) < 4.78 is 9.79. The van der Waals surface area contributed by atoms with Gasteiger partial charge in [-0.05, 0) is 12.8 Å². The van der Waals surface area contributed by atoms with Crippen molar-refractivity contribution in [2.75, 3.05) is 19.8 Å². The van der Waals surface area contributed by atoms with Crippen LogP contribution >= 0.6 is 0 Å². The number of hydrogen-bond donors (Lipinski definition) is 1. The summed E-state index contributed by atoms with van der Waals surface area (Å²) in [5, 5.41) is 2.36. The van der Waals surface area contributed by atoms with Crippen LogP contribution in [0.2, 0.25) is 0 Å². The van der Waals surface area contributed by atoms with Crippen LogP contribution in [0.25, 0.3) is 0 Å². The molecule has 5 nitrogen and oxygen atoms in total. The summed E-state index contributed by atoms with van der Waals surface area (Å²) in [6.07, 6.45) is 8.46. The Bertz CT molecular complexity index is 256. The van der Waals surface area contributed by atoms with Crippen LogP contribution in [-0.2, 0) is 14.3 Å². The van der Waals surface area contributed by atoms with Gasteiger partial charge in [0.2, 0.25) is 0 Å². The van der Waals surface area contributed by atoms with Gasteiger partial charge in [-0.1, -0.05) is 52.4 Å². The van der Waals surface area contributed by atoms with E-state index >= 15 is 0 Å². The maximum Gasteiger partial charge on any atom is 0.407 e. The maximum atomic E-state index is 11.3. The third kappa shape index (κ3) is 13.2. The lowest BCUT2D eigenvalue weighted by atomic mass is 10.1. The lowest BCUT2D eigenvalue weighted by molar-refractivity contribution is -0.142. The zero-order chi connectivity index (χ0) is 15.1. The first-order valence-corrected chi connectivity index (χ1v) is 7.77. The van der Waals surface area contributed by atoms with Gasteiger partial charge in [-0.15, -0.1) is 0 Å². The SMILES string of the molecule is CCCCCCCCCOC(=O)CNC(=O)OCCC. The van der Waals surface area contributed by atoms with Crippen LogP contribution in [0.4, 0.5) is 4.79 Å². The number of unbranched alkanes of at least 4 members (excludes halogenated alkanes) is 6. The first kappa shape index (κ1) is 18.7. The molecule has 0 saturated heterocycles. The number of carbonyl (C=O) groups excluding carboxylic acids is 2. The molecule has 20 heavy (non-hydrogen) atoms. The molecule has 0 aliphatic heterocycles. The predicted octanol–water partition coefficient (Wildman–Crippen LogP) is 3.42. The van der Waals surface area contributed by atoms with Gasteiger partial charge in [-0.3, -0.25) is 4.79 Å². The standard InChI is InChI=1S/C15H29NO4/c1-3-5-6-7-8-9-10-12-19-14(17)13-16-15(18)20-11-4-2/h3-13H2,1-2H3,(H,16,18). The van der Waals surface area contributed by atoms with Gasteiger partial charge in [0.15, 0.2) is 0 Å². The van der Waals surface area contributed by atoms with E-state index in [1.54, 1.807) is 0 Å². The number of ether oxygens (including phenoxy) is 2. The highest BCUT2D eigenvalue weighted by Crippen LogP contribution is 2.06. The average molecular weight is 287 g/mol. The molecule has 0 atom stereocenters. The van der Waals surface area contributed by atoms with E-state index < -0.39 is 12.1 Å². The van der Waals surface area contributed by atoms with E-state index in [0.29, 0.717) is 13.2 Å². The molecule has 118 valence electrons. The molecular formula is C15H29NO4. The molecule has 1 amide bonds. The first-order chi connectivity index (χ1) is 9.70. The van der Waals surface area contributed by atoms with Crippen molar-refractivity contribution in [3.8, 4) is 0 Å². The molecule has 5 heteroatoms. The molecule has 0 aliphatic rings. The molecule has 0 heterocycles. The lowest BCUT2D eigenvalue weighted by Gasteiger charge is -2.07. The number of amides is 1. The van der Waals surface area contributed by atoms with Gasteiger partial charge in [0.05, 0.1) is 13.2 Å². The Labute approximate surface area is 122 Å². The van der Waals surface area contributed by atoms with Crippen molar-refractivity contribution in [2.24, 2.45) is 0 Å². The minimum atomic E-state index is -0.570. The number of esters is 1. The van der Waals surface area contributed by atoms with Gasteiger partial charge in [-0.2, -0.15) is 0 Å². The van der Waals surface area contributed by atoms with Crippen molar-refractivity contribution in [2.45, 2.75) is 65.2 Å². The van der Waals surface area contributed by atoms with Gasteiger partial charge >= 0.3 is 12.1 Å². The zero-order valence-electron chi connectivity index (χ0n) is 12.9. The van der Waals surface area contributed by atoms with Crippen molar-refractivity contribution in [1.29, 1.82) is 0 Å². The van der Waals surface area contributed by atoms with Crippen LogP contribution in [0.5, 0.6) is 0 Å². The maximum absolute atomic E-state index is 11.3. The predicted molar refractivity (Wildman–Crippen MR) is 78.6 cm³/mol. The van der Waals surface area contributed by atoms with E-state index in [-0.39, 0.29) is 6.54 Å². The molecule has 1 N–H and O–H groups in total. The Morgan fingerprint density at radius 2 is 1.45 bits per heavy atom. The molecule has 0 aliphatic carbocycles. The Balaban J connectivity index is 3.30. The van der Waals surface area contributed by atoms with Crippen LogP contribution in [0.3, 0.4) is 0 Å². The summed E-state index contributed by atoms with van der Waals surface area (Å²) in [7, 11) is 0. The van der Waals surface area contributed by atoms with Crippen molar-refractivity contribution in [1.82, 2.24) is 5.32 Å². The first-order valence-electron chi connectivity index (χ1n) is 7.77. The topological polar surface area (TPSA) is 64.6 Å². The fourth-order valence-electron chi connectivity index (χ4n) is 1.69. The zero-order valence-corrected chi connectivity index (χ0v) is 12.9. The average Bonchev–Trinajstić information content (AvgIpc) is 2.45. The van der Waals surface area contributed by atoms with Crippen LogP contribution in [0.1, 0.15) is 65.2 Å². The summed E-state index contributed by atoms with van der Waals surface area (Å²) in [6.45, 7) is 4.77. The van der Waals surface area contributed by atoms with Crippen molar-refractivity contribution in [3.63, 3.8) is 0 Å². The second-order valence-electron chi connectivity index (χ2n) is 4.83. The quantitative estimate of drug-likeness (QED) is 0.441. The molecule has 0 saturated carbocycles. The summed E-state index contributed by atoms with van der Waals surface area (Å²) in [5.74, 6) is -0.413. The lowest BCUT2D eigenvalue weighted by Crippen LogP contribution is -2.31. The molecular weight excluding hydrogens is 258 g/mol. The van der Waals surface area contributed by atoms with E-state index in [1.165, 1.54) is 32.1 Å². The van der Waals surface area contributed by atoms with E-state index in [2.05, 4.69) is 12.2 Å². The number of rotatable bonds is 12. The van der Waals surface area contributed by atoms with Crippen LogP contribution in [0, 0.1) is 0 Å². The van der Waals surface area contributed by atoms with Gasteiger partial charge in [0.1, 0.15) is 6.54 Å². The van der Waals surface area contributed by atoms with Crippen molar-refractivity contribution < 1.29 is 19.1 Å². The fourth-order valence-corrected chi connectivity index (χ4v) is 1.69. The minimum Gasteiger partial charge on any atom is -0.464 e. The number of hydrogen-bond acceptors (Lipinski definition) is 4. The van der Waals surface area contributed by atoms with Crippen LogP contribution < -0.4 is 5.32 Å². The normalized spacial score (nSPS) is 10.1. The monoisotopic (exact) mass is 287 g/mol. The van der Waals surface area contributed by atoms with E-state index in [4.69, 9.17) is 9.47 Å². The molecule has 0 fully saturated rings. The minimum absolute atomic E-state index is 0.126. The summed E-state index contributed by atoms with van der Waals surface area (Å²) in [4.78, 5) is 22.4. The molecule has 0 spiro atoms. The Morgan fingerprint density at radius 1 is 0.800 bits per heavy atom. The van der Waals surface area contributed by atoms with Crippen LogP contribution in [-0.4, -0.2) is 31.8 Å². The van der Waals surface area contributed by atoms with Gasteiger partial charge in [0.25, 0.3) is 0 Å².